The molecule has 0 unspecified atom stereocenters. The van der Waals surface area contributed by atoms with Crippen molar-refractivity contribution in [2.45, 2.75) is 6.18 Å². The third-order valence-electron chi connectivity index (χ3n) is 1.78. The van der Waals surface area contributed by atoms with Crippen LogP contribution in [-0.2, 0) is 9.59 Å². The highest BCUT2D eigenvalue weighted by Crippen LogP contribution is 2.27. The maximum atomic E-state index is 12.3. The third kappa shape index (κ3) is 3.42. The number of nitrogens with zero attached hydrogens (tertiary/aromatic N) is 2. The van der Waals surface area contributed by atoms with E-state index >= 15 is 0 Å². The molecule has 0 aliphatic carbocycles. The Hall–Kier alpha value is -1.64. The summed E-state index contributed by atoms with van der Waals surface area (Å²) in [5, 5.41) is 8.55. The number of carbonyl (C=O) groups excluding carboxylic acids is 1. The number of aromatic nitrogens is 1. The zero-order valence-electron chi connectivity index (χ0n) is 8.61. The first kappa shape index (κ1) is 14.4. The van der Waals surface area contributed by atoms with Gasteiger partial charge in [-0.25, -0.2) is 4.98 Å². The van der Waals surface area contributed by atoms with Crippen LogP contribution in [0, 0.1) is 0 Å². The summed E-state index contributed by atoms with van der Waals surface area (Å²) >= 11 is 2.91. The number of rotatable bonds is 3. The average molecular weight is 327 g/mol. The lowest BCUT2D eigenvalue weighted by molar-refractivity contribution is -0.171. The molecule has 5 nitrogen and oxygen atoms in total. The van der Waals surface area contributed by atoms with Gasteiger partial charge in [0.1, 0.15) is 12.4 Å². The maximum Gasteiger partial charge on any atom is 0.471 e. The number of anilines is 1. The van der Waals surface area contributed by atoms with Crippen molar-refractivity contribution in [2.75, 3.05) is 11.4 Å². The smallest absolute Gasteiger partial charge is 0.471 e. The van der Waals surface area contributed by atoms with Crippen LogP contribution < -0.4 is 4.90 Å². The Morgan fingerprint density at radius 1 is 1.44 bits per heavy atom. The Morgan fingerprint density at radius 3 is 2.50 bits per heavy atom. The summed E-state index contributed by atoms with van der Waals surface area (Å²) in [6, 6.07) is 2.77. The zero-order chi connectivity index (χ0) is 13.9. The first-order chi connectivity index (χ1) is 8.23. The second-order valence-electron chi connectivity index (χ2n) is 3.09. The lowest BCUT2D eigenvalue weighted by atomic mass is 10.4. The molecule has 0 atom stereocenters. The van der Waals surface area contributed by atoms with Gasteiger partial charge in [0.15, 0.2) is 0 Å². The van der Waals surface area contributed by atoms with Gasteiger partial charge in [-0.15, -0.1) is 0 Å². The van der Waals surface area contributed by atoms with Gasteiger partial charge in [0, 0.05) is 6.20 Å². The number of hydrogen-bond donors (Lipinski definition) is 1. The highest BCUT2D eigenvalue weighted by atomic mass is 79.9. The molecule has 0 fully saturated rings. The fourth-order valence-corrected chi connectivity index (χ4v) is 1.58. The fourth-order valence-electron chi connectivity index (χ4n) is 1.11. The van der Waals surface area contributed by atoms with E-state index in [0.29, 0.717) is 0 Å². The van der Waals surface area contributed by atoms with Crippen molar-refractivity contribution in [1.29, 1.82) is 0 Å². The molecule has 1 aromatic rings. The molecule has 18 heavy (non-hydrogen) atoms. The summed E-state index contributed by atoms with van der Waals surface area (Å²) in [7, 11) is 0. The first-order valence-corrected chi connectivity index (χ1v) is 5.23. The van der Waals surface area contributed by atoms with Gasteiger partial charge in [0.25, 0.3) is 0 Å². The van der Waals surface area contributed by atoms with Gasteiger partial charge in [-0.1, -0.05) is 0 Å². The van der Waals surface area contributed by atoms with Crippen molar-refractivity contribution >= 4 is 33.6 Å². The van der Waals surface area contributed by atoms with Crippen molar-refractivity contribution in [2.24, 2.45) is 0 Å². The summed E-state index contributed by atoms with van der Waals surface area (Å²) in [4.78, 5) is 25.3. The topological polar surface area (TPSA) is 70.5 Å². The summed E-state index contributed by atoms with van der Waals surface area (Å²) in [6.07, 6.45) is -4.02. The molecule has 0 aliphatic heterocycles. The van der Waals surface area contributed by atoms with Crippen molar-refractivity contribution < 1.29 is 27.9 Å². The number of carboxylic acids is 1. The van der Waals surface area contributed by atoms with Crippen LogP contribution in [0.2, 0.25) is 0 Å². The molecule has 0 radical (unpaired) electrons. The van der Waals surface area contributed by atoms with Gasteiger partial charge in [0.2, 0.25) is 0 Å². The van der Waals surface area contributed by atoms with E-state index < -0.39 is 30.4 Å². The van der Waals surface area contributed by atoms with Crippen LogP contribution in [0.15, 0.2) is 22.8 Å². The molecule has 1 N–H and O–H groups in total. The minimum absolute atomic E-state index is 0.0480. The van der Waals surface area contributed by atoms with Crippen LogP contribution in [-0.4, -0.2) is 34.7 Å². The van der Waals surface area contributed by atoms with Crippen LogP contribution in [0.4, 0.5) is 19.0 Å². The Kier molecular flexibility index (Phi) is 4.28. The Balaban J connectivity index is 3.18. The number of halogens is 4. The molecule has 1 amide bonds. The van der Waals surface area contributed by atoms with E-state index in [1.165, 1.54) is 12.1 Å². The fraction of sp³-hybridized carbons (Fsp3) is 0.222. The molecule has 0 aromatic carbocycles. The van der Waals surface area contributed by atoms with Crippen molar-refractivity contribution in [3.05, 3.63) is 22.8 Å². The molecule has 1 rings (SSSR count). The SMILES string of the molecule is O=C(O)CN(C(=O)C(F)(F)F)c1ncccc1Br. The van der Waals surface area contributed by atoms with Crippen LogP contribution >= 0.6 is 15.9 Å². The van der Waals surface area contributed by atoms with Gasteiger partial charge in [-0.3, -0.25) is 14.5 Å². The van der Waals surface area contributed by atoms with Crippen LogP contribution in [0.1, 0.15) is 0 Å². The van der Waals surface area contributed by atoms with Crippen molar-refractivity contribution in [3.63, 3.8) is 0 Å². The molecule has 0 aliphatic rings. The quantitative estimate of drug-likeness (QED) is 0.919. The number of alkyl halides is 3. The molecular formula is C9H6BrF3N2O3. The normalized spacial score (nSPS) is 11.1. The Morgan fingerprint density at radius 2 is 2.06 bits per heavy atom. The summed E-state index contributed by atoms with van der Waals surface area (Å²) < 4.78 is 37.1. The summed E-state index contributed by atoms with van der Waals surface area (Å²) in [6.45, 7) is -1.13. The third-order valence-corrected chi connectivity index (χ3v) is 2.39. The second kappa shape index (κ2) is 5.34. The molecule has 0 saturated carbocycles. The minimum Gasteiger partial charge on any atom is -0.480 e. The lowest BCUT2D eigenvalue weighted by Crippen LogP contribution is -2.44. The molecule has 1 aromatic heterocycles. The van der Waals surface area contributed by atoms with Crippen molar-refractivity contribution in [1.82, 2.24) is 4.98 Å². The minimum atomic E-state index is -5.17. The van der Waals surface area contributed by atoms with E-state index in [1.807, 2.05) is 0 Å². The average Bonchev–Trinajstić information content (AvgIpc) is 2.24. The van der Waals surface area contributed by atoms with Gasteiger partial charge < -0.3 is 5.11 Å². The maximum absolute atomic E-state index is 12.3. The standard InChI is InChI=1S/C9H6BrF3N2O3/c10-5-2-1-3-14-7(5)15(4-6(16)17)8(18)9(11,12)13/h1-3H,4H2,(H,16,17). The van der Waals surface area contributed by atoms with Gasteiger partial charge in [0.05, 0.1) is 4.47 Å². The summed E-state index contributed by atoms with van der Waals surface area (Å²) in [5.41, 5.74) is 0. The second-order valence-corrected chi connectivity index (χ2v) is 3.95. The number of hydrogen-bond acceptors (Lipinski definition) is 3. The summed E-state index contributed by atoms with van der Waals surface area (Å²) in [5.74, 6) is -4.27. The largest absolute Gasteiger partial charge is 0.480 e. The van der Waals surface area contributed by atoms with E-state index in [0.717, 1.165) is 6.20 Å². The zero-order valence-corrected chi connectivity index (χ0v) is 10.2. The van der Waals surface area contributed by atoms with Crippen LogP contribution in [0.5, 0.6) is 0 Å². The highest BCUT2D eigenvalue weighted by Gasteiger charge is 2.44. The predicted molar refractivity (Wildman–Crippen MR) is 58.0 cm³/mol. The van der Waals surface area contributed by atoms with Gasteiger partial charge >= 0.3 is 18.1 Å². The van der Waals surface area contributed by atoms with Gasteiger partial charge in [-0.2, -0.15) is 13.2 Å². The molecule has 0 bridgehead atoms. The predicted octanol–water partition coefficient (Wildman–Crippen LogP) is 1.82. The number of aliphatic carboxylic acids is 1. The van der Waals surface area contributed by atoms with E-state index in [1.54, 1.807) is 0 Å². The molecule has 0 spiro atoms. The van der Waals surface area contributed by atoms with E-state index in [-0.39, 0.29) is 9.37 Å². The molecule has 1 heterocycles. The Labute approximate surface area is 107 Å². The van der Waals surface area contributed by atoms with E-state index in [4.69, 9.17) is 5.11 Å². The van der Waals surface area contributed by atoms with Crippen LogP contribution in [0.3, 0.4) is 0 Å². The Bertz CT molecular complexity index is 478. The lowest BCUT2D eigenvalue weighted by Gasteiger charge is -2.21. The molecular weight excluding hydrogens is 321 g/mol. The van der Waals surface area contributed by atoms with Crippen LogP contribution in [0.25, 0.3) is 0 Å². The molecule has 9 heteroatoms. The van der Waals surface area contributed by atoms with E-state index in [2.05, 4.69) is 20.9 Å². The van der Waals surface area contributed by atoms with Crippen molar-refractivity contribution in [3.8, 4) is 0 Å². The highest BCUT2D eigenvalue weighted by molar-refractivity contribution is 9.10. The van der Waals surface area contributed by atoms with E-state index in [9.17, 15) is 22.8 Å². The number of carbonyl (C=O) groups is 2. The molecule has 98 valence electrons. The number of carboxylic acid groups (broad SMARTS) is 1. The number of amides is 1. The first-order valence-electron chi connectivity index (χ1n) is 4.44. The molecule has 0 saturated heterocycles. The monoisotopic (exact) mass is 326 g/mol. The number of pyridine rings is 1. The van der Waals surface area contributed by atoms with Gasteiger partial charge in [-0.05, 0) is 28.1 Å².